The zero-order valence-electron chi connectivity index (χ0n) is 5.07. The van der Waals surface area contributed by atoms with Crippen LogP contribution in [0.2, 0.25) is 0 Å². The summed E-state index contributed by atoms with van der Waals surface area (Å²) in [5.41, 5.74) is 0. The Morgan fingerprint density at radius 1 is 1.30 bits per heavy atom. The Kier molecular flexibility index (Phi) is 7.52. The fourth-order valence-electron chi connectivity index (χ4n) is 0.396. The maximum absolute atomic E-state index is 11.9. The van der Waals surface area contributed by atoms with Gasteiger partial charge in [0.25, 0.3) is 0 Å². The second-order valence-corrected chi connectivity index (χ2v) is 1.33. The molecule has 0 spiro atoms. The zero-order valence-corrected chi connectivity index (χ0v) is 7.24. The van der Waals surface area contributed by atoms with Gasteiger partial charge in [0.2, 0.25) is 0 Å². The first-order valence-corrected chi connectivity index (χ1v) is 2.12. The van der Waals surface area contributed by atoms with Crippen LogP contribution >= 0.6 is 0 Å². The van der Waals surface area contributed by atoms with Crippen LogP contribution in [0, 0.1) is 17.7 Å². The van der Waals surface area contributed by atoms with Crippen LogP contribution in [0.15, 0.2) is 18.2 Å². The minimum atomic E-state index is -0.924. The largest absolute Gasteiger partial charge is 2.00 e. The third-order valence-electron chi connectivity index (χ3n) is 0.759. The molecule has 50 valence electrons. The Balaban J connectivity index is 0. The molecule has 0 saturated carbocycles. The van der Waals surface area contributed by atoms with Crippen LogP contribution in [0.25, 0.3) is 0 Å². The normalized spacial score (nSPS) is 7.40. The summed E-state index contributed by atoms with van der Waals surface area (Å²) in [6, 6.07) is 5.81. The topological polar surface area (TPSA) is 0 Å². The molecule has 0 nitrogen and oxygen atoms in total. The van der Waals surface area contributed by atoms with E-state index in [2.05, 4.69) is 6.07 Å². The summed E-state index contributed by atoms with van der Waals surface area (Å²) in [7, 11) is 0. The van der Waals surface area contributed by atoms with Gasteiger partial charge in [-0.2, -0.15) is 12.1 Å². The molecule has 0 unspecified atom stereocenters. The second kappa shape index (κ2) is 5.89. The summed E-state index contributed by atoms with van der Waals surface area (Å²) in [6.45, 7) is 0. The molecule has 0 amide bonds. The molecule has 0 fully saturated rings. The third-order valence-corrected chi connectivity index (χ3v) is 0.759. The SMILES string of the molecule is Fc1[c-]cccc1F.[Cl-].[Mg+2]. The van der Waals surface area contributed by atoms with Gasteiger partial charge in [0.1, 0.15) is 0 Å². The first-order chi connectivity index (χ1) is 3.80. The monoisotopic (exact) mass is 172 g/mol. The molecule has 0 aliphatic heterocycles. The molecular weight excluding hydrogens is 170 g/mol. The van der Waals surface area contributed by atoms with Crippen molar-refractivity contribution in [2.24, 2.45) is 0 Å². The summed E-state index contributed by atoms with van der Waals surface area (Å²) in [6.07, 6.45) is 0. The van der Waals surface area contributed by atoms with Crippen molar-refractivity contribution in [3.05, 3.63) is 35.9 Å². The van der Waals surface area contributed by atoms with Crippen molar-refractivity contribution in [1.29, 1.82) is 0 Å². The van der Waals surface area contributed by atoms with E-state index < -0.39 is 11.6 Å². The van der Waals surface area contributed by atoms with Crippen molar-refractivity contribution in [1.82, 2.24) is 0 Å². The fraction of sp³-hybridized carbons (Fsp3) is 0. The number of rotatable bonds is 0. The van der Waals surface area contributed by atoms with E-state index in [1.807, 2.05) is 0 Å². The van der Waals surface area contributed by atoms with Crippen LogP contribution in [0.1, 0.15) is 0 Å². The summed E-state index contributed by atoms with van der Waals surface area (Å²) in [5.74, 6) is -1.78. The minimum absolute atomic E-state index is 0. The first-order valence-electron chi connectivity index (χ1n) is 2.12. The molecule has 0 bridgehead atoms. The van der Waals surface area contributed by atoms with Crippen LogP contribution in [0.5, 0.6) is 0 Å². The average molecular weight is 173 g/mol. The number of hydrogen-bond donors (Lipinski definition) is 0. The molecule has 1 aromatic carbocycles. The van der Waals surface area contributed by atoms with E-state index in [9.17, 15) is 8.78 Å². The molecule has 0 aliphatic carbocycles. The molecule has 0 heterocycles. The predicted octanol–water partition coefficient (Wildman–Crippen LogP) is -1.61. The fourth-order valence-corrected chi connectivity index (χ4v) is 0.396. The summed E-state index contributed by atoms with van der Waals surface area (Å²) in [5, 5.41) is 0. The molecule has 0 saturated heterocycles. The van der Waals surface area contributed by atoms with E-state index in [1.165, 1.54) is 12.1 Å². The molecule has 0 aromatic heterocycles. The molecule has 0 N–H and O–H groups in total. The van der Waals surface area contributed by atoms with Gasteiger partial charge in [0.15, 0.2) is 0 Å². The van der Waals surface area contributed by atoms with Gasteiger partial charge in [0, 0.05) is 11.6 Å². The van der Waals surface area contributed by atoms with Crippen molar-refractivity contribution in [3.8, 4) is 0 Å². The van der Waals surface area contributed by atoms with E-state index in [0.717, 1.165) is 6.07 Å². The van der Waals surface area contributed by atoms with E-state index in [-0.39, 0.29) is 35.5 Å². The Hall–Kier alpha value is 0.136. The van der Waals surface area contributed by atoms with Crippen LogP contribution < -0.4 is 12.4 Å². The van der Waals surface area contributed by atoms with Crippen LogP contribution in [0.3, 0.4) is 0 Å². The van der Waals surface area contributed by atoms with Gasteiger partial charge >= 0.3 is 23.1 Å². The van der Waals surface area contributed by atoms with Crippen LogP contribution in [-0.4, -0.2) is 23.1 Å². The van der Waals surface area contributed by atoms with E-state index >= 15 is 0 Å². The minimum Gasteiger partial charge on any atom is -1.00 e. The molecule has 1 aromatic rings. The first kappa shape index (κ1) is 12.8. The molecule has 4 heteroatoms. The van der Waals surface area contributed by atoms with E-state index in [4.69, 9.17) is 0 Å². The zero-order chi connectivity index (χ0) is 5.98. The summed E-state index contributed by atoms with van der Waals surface area (Å²) < 4.78 is 23.8. The standard InChI is InChI=1S/C6H3F2.ClH.Mg/c7-5-3-1-2-4-6(5)8;;/h1-3H;1H;/q-1;;+2/p-1. The van der Waals surface area contributed by atoms with Gasteiger partial charge in [-0.05, 0) is 0 Å². The quantitative estimate of drug-likeness (QED) is 0.327. The molecule has 1 rings (SSSR count). The van der Waals surface area contributed by atoms with Gasteiger partial charge in [-0.15, -0.1) is 12.1 Å². The number of hydrogen-bond acceptors (Lipinski definition) is 0. The third kappa shape index (κ3) is 3.34. The maximum atomic E-state index is 11.9. The van der Waals surface area contributed by atoms with Crippen molar-refractivity contribution in [2.75, 3.05) is 0 Å². The van der Waals surface area contributed by atoms with Gasteiger partial charge < -0.3 is 12.4 Å². The average Bonchev–Trinajstić information content (AvgIpc) is 1.77. The van der Waals surface area contributed by atoms with Crippen LogP contribution in [-0.2, 0) is 0 Å². The van der Waals surface area contributed by atoms with Gasteiger partial charge in [-0.1, -0.05) is 0 Å². The van der Waals surface area contributed by atoms with Gasteiger partial charge in [-0.3, -0.25) is 4.39 Å². The van der Waals surface area contributed by atoms with Crippen molar-refractivity contribution < 1.29 is 21.2 Å². The molecule has 0 radical (unpaired) electrons. The Morgan fingerprint density at radius 3 is 2.20 bits per heavy atom. The van der Waals surface area contributed by atoms with E-state index in [0.29, 0.717) is 0 Å². The van der Waals surface area contributed by atoms with Gasteiger partial charge in [-0.25, -0.2) is 4.39 Å². The second-order valence-electron chi connectivity index (χ2n) is 1.33. The molecule has 0 atom stereocenters. The van der Waals surface area contributed by atoms with Crippen LogP contribution in [0.4, 0.5) is 8.78 Å². The molecule has 10 heavy (non-hydrogen) atoms. The van der Waals surface area contributed by atoms with Crippen molar-refractivity contribution in [3.63, 3.8) is 0 Å². The van der Waals surface area contributed by atoms with E-state index in [1.54, 1.807) is 0 Å². The molecular formula is C6H3ClF2Mg. The predicted molar refractivity (Wildman–Crippen MR) is 30.9 cm³/mol. The smallest absolute Gasteiger partial charge is 1.00 e. The van der Waals surface area contributed by atoms with Crippen molar-refractivity contribution in [2.45, 2.75) is 0 Å². The van der Waals surface area contributed by atoms with Gasteiger partial charge in [0.05, 0.1) is 0 Å². The Bertz CT molecular complexity index is 172. The molecule has 0 aliphatic rings. The maximum Gasteiger partial charge on any atom is 2.00 e. The Labute approximate surface area is 80.2 Å². The summed E-state index contributed by atoms with van der Waals surface area (Å²) >= 11 is 0. The number of benzene rings is 1. The Morgan fingerprint density at radius 2 is 1.90 bits per heavy atom. The van der Waals surface area contributed by atoms with Crippen molar-refractivity contribution >= 4 is 23.1 Å². The summed E-state index contributed by atoms with van der Waals surface area (Å²) in [4.78, 5) is 0. The number of halogens is 3.